The molecule has 27 heavy (non-hydrogen) atoms. The highest BCUT2D eigenvalue weighted by molar-refractivity contribution is 7.99. The third-order valence-corrected chi connectivity index (χ3v) is 4.67. The number of benzene rings is 2. The van der Waals surface area contributed by atoms with Crippen LogP contribution in [0.5, 0.6) is 5.75 Å². The van der Waals surface area contributed by atoms with Crippen LogP contribution in [0.4, 0.5) is 0 Å². The zero-order chi connectivity index (χ0) is 18.8. The van der Waals surface area contributed by atoms with Crippen LogP contribution in [-0.2, 0) is 0 Å². The van der Waals surface area contributed by atoms with Crippen LogP contribution in [-0.4, -0.2) is 28.9 Å². The molecule has 0 saturated heterocycles. The number of para-hydroxylation sites is 2. The number of H-pyrrole nitrogens is 1. The normalized spacial score (nSPS) is 11.0. The quantitative estimate of drug-likeness (QED) is 0.309. The first-order valence-corrected chi connectivity index (χ1v) is 8.94. The van der Waals surface area contributed by atoms with E-state index in [0.29, 0.717) is 27.8 Å². The minimum atomic E-state index is -0.742. The third kappa shape index (κ3) is 3.36. The molecule has 136 valence electrons. The highest BCUT2D eigenvalue weighted by atomic mass is 32.2. The number of ketones is 1. The molecule has 0 amide bonds. The van der Waals surface area contributed by atoms with Gasteiger partial charge in [0.15, 0.2) is 5.58 Å². The molecule has 0 fully saturated rings. The number of methoxy groups -OCH3 is 1. The second-order valence-electron chi connectivity index (χ2n) is 5.52. The monoisotopic (exact) mass is 384 g/mol. The number of hydrogen-bond donors (Lipinski definition) is 1. The van der Waals surface area contributed by atoms with Gasteiger partial charge in [-0.05, 0) is 34.2 Å². The first-order valence-electron chi connectivity index (χ1n) is 7.95. The van der Waals surface area contributed by atoms with Crippen LogP contribution in [0.15, 0.2) is 67.5 Å². The fraction of sp³-hybridized carbons (Fsp3) is 0.111. The number of nitrogens with one attached hydrogen (secondary N) is 1. The van der Waals surface area contributed by atoms with Crippen LogP contribution in [0.2, 0.25) is 0 Å². The molecular formula is C18H14N3O5S+. The van der Waals surface area contributed by atoms with Crippen molar-refractivity contribution in [1.82, 2.24) is 10.3 Å². The van der Waals surface area contributed by atoms with Crippen molar-refractivity contribution < 1.29 is 23.2 Å². The van der Waals surface area contributed by atoms with Crippen molar-refractivity contribution in [3.63, 3.8) is 0 Å². The Kier molecular flexibility index (Phi) is 4.51. The Bertz CT molecular complexity index is 1130. The molecule has 4 aromatic rings. The molecule has 0 aliphatic carbocycles. The van der Waals surface area contributed by atoms with Gasteiger partial charge in [0.1, 0.15) is 11.3 Å². The number of oxazole rings is 1. The molecule has 0 unspecified atom stereocenters. The highest BCUT2D eigenvalue weighted by Gasteiger charge is 2.30. The van der Waals surface area contributed by atoms with Gasteiger partial charge in [0.25, 0.3) is 5.22 Å². The lowest BCUT2D eigenvalue weighted by molar-refractivity contribution is -0.672. The van der Waals surface area contributed by atoms with Gasteiger partial charge in [0, 0.05) is 12.1 Å². The van der Waals surface area contributed by atoms with Crippen molar-refractivity contribution in [2.24, 2.45) is 0 Å². The minimum absolute atomic E-state index is 0.0222. The van der Waals surface area contributed by atoms with E-state index in [9.17, 15) is 9.59 Å². The summed E-state index contributed by atoms with van der Waals surface area (Å²) in [6, 6.07) is 14.2. The molecule has 9 heteroatoms. The Morgan fingerprint density at radius 1 is 1.22 bits per heavy atom. The van der Waals surface area contributed by atoms with Crippen molar-refractivity contribution >= 4 is 28.6 Å². The molecule has 4 rings (SSSR count). The summed E-state index contributed by atoms with van der Waals surface area (Å²) in [5.74, 6) is 0.226. The molecule has 2 aromatic heterocycles. The topological polar surface area (TPSA) is 102 Å². The Hall–Kier alpha value is -3.33. The lowest BCUT2D eigenvalue weighted by atomic mass is 10.2. The fourth-order valence-corrected chi connectivity index (χ4v) is 3.24. The number of hydrogen-bond acceptors (Lipinski definition) is 7. The minimum Gasteiger partial charge on any atom is -0.497 e. The Labute approximate surface area is 156 Å². The van der Waals surface area contributed by atoms with Gasteiger partial charge in [0.2, 0.25) is 11.5 Å². The number of carbonyl (C=O) groups is 1. The van der Waals surface area contributed by atoms with Gasteiger partial charge in [-0.1, -0.05) is 23.9 Å². The van der Waals surface area contributed by atoms with Crippen LogP contribution in [0.3, 0.4) is 0 Å². The number of rotatable bonds is 6. The number of Topliss-reactive ketones (excluding diaryl/α,β-unsaturated/α-hetero) is 1. The molecule has 0 bridgehead atoms. The Morgan fingerprint density at radius 3 is 2.74 bits per heavy atom. The van der Waals surface area contributed by atoms with E-state index < -0.39 is 11.4 Å². The van der Waals surface area contributed by atoms with Gasteiger partial charge in [-0.2, -0.15) is 0 Å². The van der Waals surface area contributed by atoms with Crippen LogP contribution < -0.4 is 15.0 Å². The Balaban J connectivity index is 1.56. The number of fused-ring (bicyclic) bond motifs is 1. The van der Waals surface area contributed by atoms with Crippen LogP contribution in [0, 0.1) is 0 Å². The van der Waals surface area contributed by atoms with E-state index in [4.69, 9.17) is 13.7 Å². The van der Waals surface area contributed by atoms with Crippen molar-refractivity contribution in [3.05, 3.63) is 64.6 Å². The molecule has 1 N–H and O–H groups in total. The van der Waals surface area contributed by atoms with Crippen LogP contribution in [0.25, 0.3) is 16.8 Å². The molecule has 0 atom stereocenters. The number of carbonyl (C=O) groups excluding carboxylic acids is 1. The summed E-state index contributed by atoms with van der Waals surface area (Å²) in [5.41, 5.74) is 1.07. The molecule has 8 nitrogen and oxygen atoms in total. The predicted octanol–water partition coefficient (Wildman–Crippen LogP) is 2.37. The summed E-state index contributed by atoms with van der Waals surface area (Å²) in [5, 5.41) is 2.81. The third-order valence-electron chi connectivity index (χ3n) is 3.84. The summed E-state index contributed by atoms with van der Waals surface area (Å²) in [4.78, 5) is 28.9. The number of ether oxygens (including phenoxy) is 1. The Morgan fingerprint density at radius 2 is 2.00 bits per heavy atom. The van der Waals surface area contributed by atoms with Gasteiger partial charge in [0.05, 0.1) is 12.9 Å². The van der Waals surface area contributed by atoms with E-state index >= 15 is 0 Å². The highest BCUT2D eigenvalue weighted by Crippen LogP contribution is 2.23. The van der Waals surface area contributed by atoms with E-state index in [1.165, 1.54) is 4.68 Å². The van der Waals surface area contributed by atoms with E-state index in [1.54, 1.807) is 37.4 Å². The zero-order valence-corrected chi connectivity index (χ0v) is 15.0. The number of aromatic amines is 1. The molecule has 2 heterocycles. The molecular weight excluding hydrogens is 370 g/mol. The van der Waals surface area contributed by atoms with Crippen molar-refractivity contribution in [2.75, 3.05) is 12.9 Å². The maximum absolute atomic E-state index is 12.6. The average molecular weight is 384 g/mol. The van der Waals surface area contributed by atoms with Crippen molar-refractivity contribution in [2.45, 2.75) is 5.22 Å². The number of aromatic nitrogens is 3. The molecule has 2 aromatic carbocycles. The number of thioether (sulfide) groups is 1. The maximum Gasteiger partial charge on any atom is 0.438 e. The van der Waals surface area contributed by atoms with E-state index in [1.807, 2.05) is 18.2 Å². The standard InChI is InChI=1S/C18H13N3O5S/c1-24-12-8-6-11(7-9-12)21-16(17(23)26-20-21)14(22)10-27-18-19-13-4-2-3-5-15(13)25-18/h2-9H,10H2,1H3/p+1. The SMILES string of the molecule is COc1ccc(-[n+]2[nH]oc(=O)c2C(=O)CSc2nc3ccccc3o2)cc1. The smallest absolute Gasteiger partial charge is 0.438 e. The largest absolute Gasteiger partial charge is 0.497 e. The maximum atomic E-state index is 12.6. The van der Waals surface area contributed by atoms with Crippen LogP contribution in [0.1, 0.15) is 10.5 Å². The van der Waals surface area contributed by atoms with E-state index in [2.05, 4.69) is 10.3 Å². The molecule has 0 spiro atoms. The zero-order valence-electron chi connectivity index (χ0n) is 14.2. The summed E-state index contributed by atoms with van der Waals surface area (Å²) < 4.78 is 16.8. The van der Waals surface area contributed by atoms with Crippen LogP contribution >= 0.6 is 11.8 Å². The summed E-state index contributed by atoms with van der Waals surface area (Å²) >= 11 is 1.12. The van der Waals surface area contributed by atoms with Gasteiger partial charge in [-0.3, -0.25) is 9.32 Å². The molecule has 0 radical (unpaired) electrons. The summed E-state index contributed by atoms with van der Waals surface area (Å²) in [6.07, 6.45) is 0. The second kappa shape index (κ2) is 7.12. The second-order valence-corrected chi connectivity index (χ2v) is 6.45. The van der Waals surface area contributed by atoms with Gasteiger partial charge >= 0.3 is 11.3 Å². The van der Waals surface area contributed by atoms with E-state index in [0.717, 1.165) is 11.8 Å². The molecule has 0 aliphatic rings. The first kappa shape index (κ1) is 17.1. The van der Waals surface area contributed by atoms with Crippen molar-refractivity contribution in [1.29, 1.82) is 0 Å². The van der Waals surface area contributed by atoms with Gasteiger partial charge in [-0.15, -0.1) is 0 Å². The van der Waals surface area contributed by atoms with Crippen molar-refractivity contribution in [3.8, 4) is 11.4 Å². The molecule has 0 aliphatic heterocycles. The summed E-state index contributed by atoms with van der Waals surface area (Å²) in [7, 11) is 1.56. The fourth-order valence-electron chi connectivity index (χ4n) is 2.53. The van der Waals surface area contributed by atoms with Gasteiger partial charge < -0.3 is 9.15 Å². The van der Waals surface area contributed by atoms with Gasteiger partial charge in [-0.25, -0.2) is 9.78 Å². The van der Waals surface area contributed by atoms with E-state index in [-0.39, 0.29) is 11.4 Å². The first-order chi connectivity index (χ1) is 13.2. The predicted molar refractivity (Wildman–Crippen MR) is 96.5 cm³/mol. The molecule has 0 saturated carbocycles. The number of nitrogens with zero attached hydrogens (tertiary/aromatic N) is 2. The summed E-state index contributed by atoms with van der Waals surface area (Å²) in [6.45, 7) is 0. The average Bonchev–Trinajstić information content (AvgIpc) is 3.29. The lowest BCUT2D eigenvalue weighted by Gasteiger charge is -1.98. The lowest BCUT2D eigenvalue weighted by Crippen LogP contribution is -2.41.